The van der Waals surface area contributed by atoms with E-state index in [1.807, 2.05) is 0 Å². The molecule has 1 aliphatic carbocycles. The maximum Gasteiger partial charge on any atom is 0.0635 e. The lowest BCUT2D eigenvalue weighted by Crippen LogP contribution is -2.29. The van der Waals surface area contributed by atoms with Crippen molar-refractivity contribution in [1.82, 2.24) is 0 Å². The third-order valence-corrected chi connectivity index (χ3v) is 7.16. The molecule has 33 heavy (non-hydrogen) atoms. The van der Waals surface area contributed by atoms with Crippen LogP contribution < -0.4 is 4.90 Å². The van der Waals surface area contributed by atoms with Gasteiger partial charge in [0, 0.05) is 17.0 Å². The Morgan fingerprint density at radius 3 is 1.85 bits per heavy atom. The average Bonchev–Trinajstić information content (AvgIpc) is 3.25. The largest absolute Gasteiger partial charge is 0.333 e. The van der Waals surface area contributed by atoms with Crippen molar-refractivity contribution in [2.45, 2.75) is 12.0 Å². The predicted molar refractivity (Wildman–Crippen MR) is 140 cm³/mol. The standard InChI is InChI=1S/C32H23N/c1-3-11-22(12-4-1)23-19-20-29-30(21-23)33(24-13-5-2-6-14-24)32-28-18-10-8-16-26(28)25-15-7-9-17-27(25)31(29)32/h1-21,29-30H. The lowest BCUT2D eigenvalue weighted by atomic mass is 9.84. The van der Waals surface area contributed by atoms with Crippen molar-refractivity contribution in [2.75, 3.05) is 4.90 Å². The minimum absolute atomic E-state index is 0.233. The predicted octanol–water partition coefficient (Wildman–Crippen LogP) is 8.25. The molecule has 0 saturated carbocycles. The molecule has 7 rings (SSSR count). The second-order valence-electron chi connectivity index (χ2n) is 8.92. The number of hydrogen-bond acceptors (Lipinski definition) is 1. The molecule has 2 aliphatic rings. The molecule has 1 heterocycles. The summed E-state index contributed by atoms with van der Waals surface area (Å²) in [4.78, 5) is 2.57. The Bertz CT molecular complexity index is 1560. The lowest BCUT2D eigenvalue weighted by molar-refractivity contribution is 0.750. The van der Waals surface area contributed by atoms with Crippen LogP contribution >= 0.6 is 0 Å². The highest BCUT2D eigenvalue weighted by atomic mass is 15.2. The number of rotatable bonds is 2. The normalized spacial score (nSPS) is 18.9. The van der Waals surface area contributed by atoms with Crippen molar-refractivity contribution in [3.63, 3.8) is 0 Å². The van der Waals surface area contributed by atoms with Crippen LogP contribution in [0.25, 0.3) is 27.1 Å². The number of para-hydroxylation sites is 1. The van der Waals surface area contributed by atoms with Crippen LogP contribution in [0.15, 0.2) is 127 Å². The van der Waals surface area contributed by atoms with E-state index in [9.17, 15) is 0 Å². The topological polar surface area (TPSA) is 3.24 Å². The molecule has 0 amide bonds. The highest BCUT2D eigenvalue weighted by Crippen LogP contribution is 2.54. The fraction of sp³-hybridized carbons (Fsp3) is 0.0625. The Hall–Kier alpha value is -4.10. The highest BCUT2D eigenvalue weighted by molar-refractivity contribution is 6.17. The molecule has 0 saturated heterocycles. The fourth-order valence-corrected chi connectivity index (χ4v) is 5.78. The molecular weight excluding hydrogens is 398 g/mol. The van der Waals surface area contributed by atoms with Crippen molar-refractivity contribution < 1.29 is 0 Å². The zero-order valence-corrected chi connectivity index (χ0v) is 18.2. The van der Waals surface area contributed by atoms with Crippen LogP contribution in [0.5, 0.6) is 0 Å². The van der Waals surface area contributed by atoms with Crippen molar-refractivity contribution in [1.29, 1.82) is 0 Å². The molecule has 1 heteroatoms. The van der Waals surface area contributed by atoms with Gasteiger partial charge in [-0.15, -0.1) is 0 Å². The Kier molecular flexibility index (Phi) is 4.04. The number of anilines is 2. The second kappa shape index (κ2) is 7.21. The zero-order chi connectivity index (χ0) is 21.8. The molecule has 2 unspecified atom stereocenters. The lowest BCUT2D eigenvalue weighted by Gasteiger charge is -2.30. The minimum Gasteiger partial charge on any atom is -0.333 e. The van der Waals surface area contributed by atoms with E-state index >= 15 is 0 Å². The van der Waals surface area contributed by atoms with Gasteiger partial charge in [0.25, 0.3) is 0 Å². The number of allylic oxidation sites excluding steroid dienone is 2. The van der Waals surface area contributed by atoms with Gasteiger partial charge in [0.2, 0.25) is 0 Å². The third-order valence-electron chi connectivity index (χ3n) is 7.16. The van der Waals surface area contributed by atoms with Gasteiger partial charge in [0.15, 0.2) is 0 Å². The molecule has 0 radical (unpaired) electrons. The van der Waals surface area contributed by atoms with Crippen LogP contribution in [0.1, 0.15) is 17.0 Å². The first kappa shape index (κ1) is 18.5. The van der Waals surface area contributed by atoms with Crippen LogP contribution in [0.4, 0.5) is 11.4 Å². The van der Waals surface area contributed by atoms with E-state index < -0.39 is 0 Å². The SMILES string of the molecule is C1=CC2c3c(c4ccccc4c4ccccc34)N(c3ccccc3)C2C=C1c1ccccc1. The molecule has 2 atom stereocenters. The Morgan fingerprint density at radius 1 is 0.545 bits per heavy atom. The zero-order valence-electron chi connectivity index (χ0n) is 18.2. The molecule has 0 fully saturated rings. The summed E-state index contributed by atoms with van der Waals surface area (Å²) in [5.74, 6) is 0.308. The number of benzene rings is 5. The van der Waals surface area contributed by atoms with Crippen LogP contribution in [0, 0.1) is 0 Å². The van der Waals surface area contributed by atoms with Crippen LogP contribution in [0.3, 0.4) is 0 Å². The summed E-state index contributed by atoms with van der Waals surface area (Å²) in [6, 6.07) is 39.6. The molecule has 0 bridgehead atoms. The third kappa shape index (κ3) is 2.72. The molecule has 5 aromatic rings. The first-order valence-corrected chi connectivity index (χ1v) is 11.6. The summed E-state index contributed by atoms with van der Waals surface area (Å²) in [7, 11) is 0. The van der Waals surface area contributed by atoms with E-state index in [2.05, 4.69) is 132 Å². The maximum absolute atomic E-state index is 2.57. The smallest absolute Gasteiger partial charge is 0.0635 e. The second-order valence-corrected chi connectivity index (χ2v) is 8.92. The van der Waals surface area contributed by atoms with Crippen LogP contribution in [0.2, 0.25) is 0 Å². The van der Waals surface area contributed by atoms with E-state index in [4.69, 9.17) is 0 Å². The molecule has 1 aliphatic heterocycles. The van der Waals surface area contributed by atoms with Gasteiger partial charge in [-0.3, -0.25) is 0 Å². The van der Waals surface area contributed by atoms with E-state index in [0.717, 1.165) is 0 Å². The van der Waals surface area contributed by atoms with Crippen LogP contribution in [-0.2, 0) is 0 Å². The Balaban J connectivity index is 1.56. The molecule has 156 valence electrons. The summed E-state index contributed by atoms with van der Waals surface area (Å²) in [5, 5.41) is 5.35. The molecule has 5 aromatic carbocycles. The molecule has 0 spiro atoms. The Labute approximate surface area is 193 Å². The quantitative estimate of drug-likeness (QED) is 0.259. The van der Waals surface area contributed by atoms with E-state index in [0.29, 0.717) is 5.92 Å². The van der Waals surface area contributed by atoms with Crippen molar-refractivity contribution in [3.05, 3.63) is 139 Å². The van der Waals surface area contributed by atoms with E-state index in [-0.39, 0.29) is 6.04 Å². The van der Waals surface area contributed by atoms with Crippen molar-refractivity contribution in [2.24, 2.45) is 0 Å². The highest BCUT2D eigenvalue weighted by Gasteiger charge is 2.40. The first-order valence-electron chi connectivity index (χ1n) is 11.6. The minimum atomic E-state index is 0.233. The summed E-state index contributed by atoms with van der Waals surface area (Å²) in [6.07, 6.45) is 7.21. The fourth-order valence-electron chi connectivity index (χ4n) is 5.78. The summed E-state index contributed by atoms with van der Waals surface area (Å²) in [5.41, 5.74) is 6.59. The van der Waals surface area contributed by atoms with Gasteiger partial charge in [-0.2, -0.15) is 0 Å². The molecule has 0 N–H and O–H groups in total. The Morgan fingerprint density at radius 2 is 1.12 bits per heavy atom. The van der Waals surface area contributed by atoms with Gasteiger partial charge in [-0.25, -0.2) is 0 Å². The van der Waals surface area contributed by atoms with Gasteiger partial charge in [0.05, 0.1) is 11.7 Å². The molecule has 0 aromatic heterocycles. The van der Waals surface area contributed by atoms with Gasteiger partial charge < -0.3 is 4.90 Å². The van der Waals surface area contributed by atoms with Crippen molar-refractivity contribution >= 4 is 38.5 Å². The van der Waals surface area contributed by atoms with Crippen LogP contribution in [-0.4, -0.2) is 6.04 Å². The number of hydrogen-bond donors (Lipinski definition) is 0. The maximum atomic E-state index is 2.57. The van der Waals surface area contributed by atoms with Gasteiger partial charge in [0.1, 0.15) is 0 Å². The van der Waals surface area contributed by atoms with E-state index in [1.54, 1.807) is 0 Å². The van der Waals surface area contributed by atoms with Gasteiger partial charge in [-0.1, -0.05) is 115 Å². The molecular formula is C32H23N. The summed E-state index contributed by atoms with van der Waals surface area (Å²) in [6.45, 7) is 0. The van der Waals surface area contributed by atoms with Gasteiger partial charge >= 0.3 is 0 Å². The van der Waals surface area contributed by atoms with Gasteiger partial charge in [-0.05, 0) is 45.0 Å². The number of fused-ring (bicyclic) bond motifs is 8. The van der Waals surface area contributed by atoms with E-state index in [1.165, 1.54) is 49.6 Å². The number of nitrogens with zero attached hydrogens (tertiary/aromatic N) is 1. The van der Waals surface area contributed by atoms with Crippen molar-refractivity contribution in [3.8, 4) is 0 Å². The summed E-state index contributed by atoms with van der Waals surface area (Å²) >= 11 is 0. The monoisotopic (exact) mass is 421 g/mol. The summed E-state index contributed by atoms with van der Waals surface area (Å²) < 4.78 is 0. The average molecular weight is 422 g/mol. The first-order chi connectivity index (χ1) is 16.4. The molecule has 1 nitrogen and oxygen atoms in total.